The molecule has 3 N–H and O–H groups in total. The summed E-state index contributed by atoms with van der Waals surface area (Å²) in [5.74, 6) is -0.694. The molecule has 0 atom stereocenters. The highest BCUT2D eigenvalue weighted by molar-refractivity contribution is 6.33. The summed E-state index contributed by atoms with van der Waals surface area (Å²) in [6.45, 7) is 0. The molecule has 0 radical (unpaired) electrons. The van der Waals surface area contributed by atoms with Gasteiger partial charge in [0.1, 0.15) is 11.3 Å². The summed E-state index contributed by atoms with van der Waals surface area (Å²) < 4.78 is 5.94. The number of hydrazone groups is 1. The van der Waals surface area contributed by atoms with E-state index in [2.05, 4.69) is 15.5 Å². The monoisotopic (exact) mass is 414 g/mol. The maximum Gasteiger partial charge on any atom is 0.335 e. The van der Waals surface area contributed by atoms with Crippen LogP contribution in [0, 0.1) is 0 Å². The van der Waals surface area contributed by atoms with E-state index in [1.54, 1.807) is 30.3 Å². The molecule has 3 aromatic rings. The smallest absolute Gasteiger partial charge is 0.335 e. The van der Waals surface area contributed by atoms with Gasteiger partial charge in [0, 0.05) is 0 Å². The third-order valence-electron chi connectivity index (χ3n) is 3.93. The number of hydrogen-bond acceptors (Lipinski definition) is 6. The van der Waals surface area contributed by atoms with Gasteiger partial charge in [0.25, 0.3) is 11.5 Å². The fraction of sp³-hybridized carbons (Fsp3) is 0.0526. The Morgan fingerprint density at radius 1 is 1.21 bits per heavy atom. The van der Waals surface area contributed by atoms with E-state index in [9.17, 15) is 19.5 Å². The molecule has 0 aliphatic carbocycles. The van der Waals surface area contributed by atoms with Crippen molar-refractivity contribution in [3.63, 3.8) is 0 Å². The second-order valence-corrected chi connectivity index (χ2v) is 6.12. The minimum Gasteiger partial charge on any atom is -0.497 e. The molecule has 29 heavy (non-hydrogen) atoms. The zero-order chi connectivity index (χ0) is 21.0. The lowest BCUT2D eigenvalue weighted by Gasteiger charge is -2.10. The van der Waals surface area contributed by atoms with Crippen molar-refractivity contribution in [2.45, 2.75) is 0 Å². The Kier molecular flexibility index (Phi) is 5.79. The summed E-state index contributed by atoms with van der Waals surface area (Å²) in [6.07, 6.45) is 0.933. The van der Waals surface area contributed by atoms with Gasteiger partial charge >= 0.3 is 5.69 Å². The number of H-pyrrole nitrogens is 1. The molecule has 0 bridgehead atoms. The molecular formula is C19H15ClN4O5. The van der Waals surface area contributed by atoms with E-state index < -0.39 is 23.0 Å². The van der Waals surface area contributed by atoms with Gasteiger partial charge in [-0.25, -0.2) is 14.8 Å². The van der Waals surface area contributed by atoms with Crippen molar-refractivity contribution in [2.75, 3.05) is 7.11 Å². The number of nitrogens with one attached hydrogen (secondary N) is 2. The van der Waals surface area contributed by atoms with E-state index in [-0.39, 0.29) is 16.1 Å². The molecule has 1 aromatic heterocycles. The Labute approximate surface area is 168 Å². The quantitative estimate of drug-likeness (QED) is 0.432. The molecule has 0 aliphatic rings. The summed E-state index contributed by atoms with van der Waals surface area (Å²) in [7, 11) is 1.49. The molecule has 2 aromatic carbocycles. The number of nitrogens with zero attached hydrogens (tertiary/aromatic N) is 2. The molecule has 1 heterocycles. The predicted octanol–water partition coefficient (Wildman–Crippen LogP) is 1.66. The van der Waals surface area contributed by atoms with Crippen molar-refractivity contribution in [3.05, 3.63) is 85.5 Å². The highest BCUT2D eigenvalue weighted by Gasteiger charge is 2.15. The lowest BCUT2D eigenvalue weighted by molar-refractivity contribution is 0.0955. The highest BCUT2D eigenvalue weighted by Crippen LogP contribution is 2.18. The Hall–Kier alpha value is -3.85. The number of aromatic amines is 1. The Morgan fingerprint density at radius 3 is 2.55 bits per heavy atom. The zero-order valence-corrected chi connectivity index (χ0v) is 15.8. The van der Waals surface area contributed by atoms with Crippen molar-refractivity contribution >= 4 is 23.7 Å². The zero-order valence-electron chi connectivity index (χ0n) is 15.0. The fourth-order valence-electron chi connectivity index (χ4n) is 2.49. The Bertz CT molecular complexity index is 1200. The average molecular weight is 415 g/mol. The van der Waals surface area contributed by atoms with Gasteiger partial charge in [-0.2, -0.15) is 5.10 Å². The molecule has 3 rings (SSSR count). The number of carbonyl (C=O) groups excluding carboxylic acids is 1. The molecule has 0 fully saturated rings. The fourth-order valence-corrected chi connectivity index (χ4v) is 2.71. The SMILES string of the molecule is COc1ccc(-n2c(O)c(/C=N/NC(=O)c3ccccc3Cl)c(=O)[nH]c2=O)cc1. The van der Waals surface area contributed by atoms with Crippen molar-refractivity contribution < 1.29 is 14.6 Å². The standard InChI is InChI=1S/C19H15ClN4O5/c1-29-12-8-6-11(7-9-12)24-18(27)14(16(25)22-19(24)28)10-21-23-17(26)13-4-2-3-5-15(13)20/h2-10,27H,1H3,(H,23,26)(H,22,25,28)/b21-10+. The number of ether oxygens (including phenoxy) is 1. The molecule has 0 saturated heterocycles. The predicted molar refractivity (Wildman–Crippen MR) is 107 cm³/mol. The van der Waals surface area contributed by atoms with E-state index in [0.717, 1.165) is 10.8 Å². The summed E-state index contributed by atoms with van der Waals surface area (Å²) in [4.78, 5) is 38.4. The topological polar surface area (TPSA) is 126 Å². The van der Waals surface area contributed by atoms with Crippen LogP contribution in [0.1, 0.15) is 15.9 Å². The van der Waals surface area contributed by atoms with Crippen LogP contribution in [0.5, 0.6) is 11.6 Å². The molecule has 148 valence electrons. The average Bonchev–Trinajstić information content (AvgIpc) is 2.71. The summed E-state index contributed by atoms with van der Waals surface area (Å²) in [5.41, 5.74) is 0.663. The van der Waals surface area contributed by atoms with Gasteiger partial charge in [-0.15, -0.1) is 0 Å². The van der Waals surface area contributed by atoms with Crippen LogP contribution >= 0.6 is 11.6 Å². The molecule has 0 saturated carbocycles. The second kappa shape index (κ2) is 8.44. The number of methoxy groups -OCH3 is 1. The molecule has 10 heteroatoms. The number of benzene rings is 2. The first-order chi connectivity index (χ1) is 13.9. The normalized spacial score (nSPS) is 10.8. The molecular weight excluding hydrogens is 400 g/mol. The largest absolute Gasteiger partial charge is 0.497 e. The third-order valence-corrected chi connectivity index (χ3v) is 4.26. The Morgan fingerprint density at radius 2 is 1.90 bits per heavy atom. The lowest BCUT2D eigenvalue weighted by atomic mass is 10.2. The number of amides is 1. The number of aromatic hydroxyl groups is 1. The van der Waals surface area contributed by atoms with Crippen molar-refractivity contribution in [1.82, 2.24) is 15.0 Å². The van der Waals surface area contributed by atoms with Crippen molar-refractivity contribution in [1.29, 1.82) is 0 Å². The molecule has 0 aliphatic heterocycles. The van der Waals surface area contributed by atoms with E-state index in [1.807, 2.05) is 0 Å². The van der Waals surface area contributed by atoms with E-state index >= 15 is 0 Å². The first-order valence-electron chi connectivity index (χ1n) is 8.23. The van der Waals surface area contributed by atoms with Crippen LogP contribution < -0.4 is 21.4 Å². The summed E-state index contributed by atoms with van der Waals surface area (Å²) >= 11 is 5.94. The van der Waals surface area contributed by atoms with E-state index in [1.165, 1.54) is 25.3 Å². The first kappa shape index (κ1) is 19.9. The van der Waals surface area contributed by atoms with Gasteiger partial charge < -0.3 is 9.84 Å². The minimum atomic E-state index is -0.868. The second-order valence-electron chi connectivity index (χ2n) is 5.71. The summed E-state index contributed by atoms with van der Waals surface area (Å²) in [5, 5.41) is 14.3. The molecule has 0 unspecified atom stereocenters. The van der Waals surface area contributed by atoms with Gasteiger partial charge in [-0.3, -0.25) is 14.6 Å². The Balaban J connectivity index is 1.92. The number of halogens is 1. The van der Waals surface area contributed by atoms with Crippen molar-refractivity contribution in [3.8, 4) is 17.3 Å². The number of hydrogen-bond donors (Lipinski definition) is 3. The lowest BCUT2D eigenvalue weighted by Crippen LogP contribution is -2.31. The highest BCUT2D eigenvalue weighted by atomic mass is 35.5. The van der Waals surface area contributed by atoms with Crippen LogP contribution in [0.2, 0.25) is 5.02 Å². The minimum absolute atomic E-state index is 0.188. The van der Waals surface area contributed by atoms with Gasteiger partial charge in [-0.1, -0.05) is 23.7 Å². The molecule has 0 spiro atoms. The van der Waals surface area contributed by atoms with Crippen LogP contribution in [0.4, 0.5) is 0 Å². The van der Waals surface area contributed by atoms with Crippen LogP contribution in [-0.2, 0) is 0 Å². The first-order valence-corrected chi connectivity index (χ1v) is 8.61. The number of aromatic nitrogens is 2. The third kappa shape index (κ3) is 4.19. The van der Waals surface area contributed by atoms with Crippen LogP contribution in [0.15, 0.2) is 63.2 Å². The maximum absolute atomic E-state index is 12.2. The maximum atomic E-state index is 12.2. The van der Waals surface area contributed by atoms with Crippen LogP contribution in [0.3, 0.4) is 0 Å². The van der Waals surface area contributed by atoms with Gasteiger partial charge in [0.05, 0.1) is 29.6 Å². The molecule has 9 nitrogen and oxygen atoms in total. The van der Waals surface area contributed by atoms with Gasteiger partial charge in [0.2, 0.25) is 5.88 Å². The van der Waals surface area contributed by atoms with Crippen LogP contribution in [-0.4, -0.2) is 33.9 Å². The van der Waals surface area contributed by atoms with Gasteiger partial charge in [0.15, 0.2) is 0 Å². The number of rotatable bonds is 5. The number of carbonyl (C=O) groups is 1. The summed E-state index contributed by atoms with van der Waals surface area (Å²) in [6, 6.07) is 12.6. The van der Waals surface area contributed by atoms with Crippen molar-refractivity contribution in [2.24, 2.45) is 5.10 Å². The van der Waals surface area contributed by atoms with Crippen LogP contribution in [0.25, 0.3) is 5.69 Å². The van der Waals surface area contributed by atoms with E-state index in [4.69, 9.17) is 16.3 Å². The van der Waals surface area contributed by atoms with Gasteiger partial charge in [-0.05, 0) is 36.4 Å². The van der Waals surface area contributed by atoms with E-state index in [0.29, 0.717) is 11.4 Å². The molecule has 1 amide bonds.